The van der Waals surface area contributed by atoms with Gasteiger partial charge in [0.1, 0.15) is 0 Å². The maximum Gasteiger partial charge on any atom is -0.00238 e. The molecule has 0 bridgehead atoms. The Morgan fingerprint density at radius 2 is 1.08 bits per heavy atom. The van der Waals surface area contributed by atoms with Crippen LogP contribution in [-0.4, -0.2) is 0 Å². The number of hydrogen-bond acceptors (Lipinski definition) is 0. The lowest BCUT2D eigenvalue weighted by Gasteiger charge is -2.24. The summed E-state index contributed by atoms with van der Waals surface area (Å²) in [5, 5.41) is 8.33. The molecule has 0 aliphatic carbocycles. The topological polar surface area (TPSA) is 0 Å². The first kappa shape index (κ1) is 15.4. The molecule has 0 fully saturated rings. The molecule has 0 spiro atoms. The first-order chi connectivity index (χ1) is 11.2. The van der Waals surface area contributed by atoms with Gasteiger partial charge in [0.2, 0.25) is 0 Å². The molecule has 24 heavy (non-hydrogen) atoms. The van der Waals surface area contributed by atoms with E-state index >= 15 is 0 Å². The van der Waals surface area contributed by atoms with Gasteiger partial charge in [-0.25, -0.2) is 0 Å². The van der Waals surface area contributed by atoms with Gasteiger partial charge in [-0.15, -0.1) is 0 Å². The average molecular weight is 314 g/mol. The Labute approximate surface area is 144 Å². The van der Waals surface area contributed by atoms with E-state index in [1.165, 1.54) is 43.4 Å². The minimum absolute atomic E-state index is 0.152. The van der Waals surface area contributed by atoms with Gasteiger partial charge in [0.05, 0.1) is 0 Å². The molecule has 0 amide bonds. The predicted molar refractivity (Wildman–Crippen MR) is 108 cm³/mol. The van der Waals surface area contributed by atoms with Crippen molar-refractivity contribution in [2.24, 2.45) is 0 Å². The van der Waals surface area contributed by atoms with Gasteiger partial charge < -0.3 is 0 Å². The first-order valence-electron chi connectivity index (χ1n) is 8.89. The molecule has 0 radical (unpaired) electrons. The molecule has 0 aliphatic rings. The molecule has 0 nitrogen and oxygen atoms in total. The van der Waals surface area contributed by atoms with Gasteiger partial charge in [-0.2, -0.15) is 0 Å². The van der Waals surface area contributed by atoms with Crippen LogP contribution in [0.3, 0.4) is 0 Å². The standard InChI is InChI=1S/C24H26/c1-23(2,3)18-13-16-8-7-15-10-12-20(24(4,5)6)19-11-9-17(14-18)21(16)22(15)19/h7-14H,1-6H3. The zero-order valence-electron chi connectivity index (χ0n) is 15.6. The maximum atomic E-state index is 2.38. The molecule has 0 atom stereocenters. The Balaban J connectivity index is 2.20. The Hall–Kier alpha value is -2.08. The van der Waals surface area contributed by atoms with E-state index in [2.05, 4.69) is 90.1 Å². The zero-order chi connectivity index (χ0) is 17.3. The summed E-state index contributed by atoms with van der Waals surface area (Å²) in [7, 11) is 0. The van der Waals surface area contributed by atoms with Crippen LogP contribution in [0.4, 0.5) is 0 Å². The zero-order valence-corrected chi connectivity index (χ0v) is 15.6. The van der Waals surface area contributed by atoms with Crippen molar-refractivity contribution < 1.29 is 0 Å². The lowest BCUT2D eigenvalue weighted by molar-refractivity contribution is 0.591. The molecule has 0 N–H and O–H groups in total. The van der Waals surface area contributed by atoms with Crippen LogP contribution in [0.25, 0.3) is 32.3 Å². The third-order valence-corrected chi connectivity index (χ3v) is 5.27. The third-order valence-electron chi connectivity index (χ3n) is 5.27. The lowest BCUT2D eigenvalue weighted by atomic mass is 9.80. The fraction of sp³-hybridized carbons (Fsp3) is 0.333. The van der Waals surface area contributed by atoms with Gasteiger partial charge in [0.25, 0.3) is 0 Å². The van der Waals surface area contributed by atoms with E-state index < -0.39 is 0 Å². The Morgan fingerprint density at radius 1 is 0.542 bits per heavy atom. The highest BCUT2D eigenvalue weighted by atomic mass is 14.2. The van der Waals surface area contributed by atoms with Crippen molar-refractivity contribution in [2.45, 2.75) is 52.4 Å². The molecule has 0 aromatic heterocycles. The molecule has 0 saturated heterocycles. The number of rotatable bonds is 0. The molecule has 4 aromatic carbocycles. The molecule has 0 aliphatic heterocycles. The Bertz CT molecular complexity index is 1030. The van der Waals surface area contributed by atoms with Crippen molar-refractivity contribution in [3.05, 3.63) is 59.7 Å². The average Bonchev–Trinajstić information content (AvgIpc) is 2.50. The van der Waals surface area contributed by atoms with Crippen LogP contribution < -0.4 is 0 Å². The molecule has 4 rings (SSSR count). The van der Waals surface area contributed by atoms with E-state index in [0.29, 0.717) is 0 Å². The summed E-state index contributed by atoms with van der Waals surface area (Å²) in [5.74, 6) is 0. The quantitative estimate of drug-likeness (QED) is 0.301. The smallest absolute Gasteiger partial charge is 0.00238 e. The summed E-state index contributed by atoms with van der Waals surface area (Å²) in [6, 6.07) is 18.6. The van der Waals surface area contributed by atoms with E-state index in [9.17, 15) is 0 Å². The van der Waals surface area contributed by atoms with Gasteiger partial charge in [0, 0.05) is 0 Å². The molecule has 0 heteroatoms. The summed E-state index contributed by atoms with van der Waals surface area (Å²) in [4.78, 5) is 0. The van der Waals surface area contributed by atoms with Crippen molar-refractivity contribution in [3.63, 3.8) is 0 Å². The number of hydrogen-bond donors (Lipinski definition) is 0. The summed E-state index contributed by atoms with van der Waals surface area (Å²) < 4.78 is 0. The molecule has 0 heterocycles. The van der Waals surface area contributed by atoms with Gasteiger partial charge in [-0.1, -0.05) is 90.1 Å². The molecule has 4 aromatic rings. The highest BCUT2D eigenvalue weighted by molar-refractivity contribution is 6.23. The monoisotopic (exact) mass is 314 g/mol. The van der Waals surface area contributed by atoms with Crippen LogP contribution in [-0.2, 0) is 10.8 Å². The van der Waals surface area contributed by atoms with E-state index in [4.69, 9.17) is 0 Å². The fourth-order valence-electron chi connectivity index (χ4n) is 3.91. The van der Waals surface area contributed by atoms with Crippen LogP contribution in [0.1, 0.15) is 52.7 Å². The van der Waals surface area contributed by atoms with Gasteiger partial charge in [0.15, 0.2) is 0 Å². The normalized spacial score (nSPS) is 13.4. The molecule has 122 valence electrons. The fourth-order valence-corrected chi connectivity index (χ4v) is 3.91. The summed E-state index contributed by atoms with van der Waals surface area (Å²) >= 11 is 0. The first-order valence-corrected chi connectivity index (χ1v) is 8.89. The highest BCUT2D eigenvalue weighted by Crippen LogP contribution is 2.40. The van der Waals surface area contributed by atoms with Crippen LogP contribution >= 0.6 is 0 Å². The molecule has 0 unspecified atom stereocenters. The van der Waals surface area contributed by atoms with Gasteiger partial charge in [-0.05, 0) is 54.3 Å². The van der Waals surface area contributed by atoms with Crippen LogP contribution in [0.5, 0.6) is 0 Å². The van der Waals surface area contributed by atoms with Crippen molar-refractivity contribution in [1.29, 1.82) is 0 Å². The minimum atomic E-state index is 0.152. The minimum Gasteiger partial charge on any atom is -0.0573 e. The van der Waals surface area contributed by atoms with E-state index in [0.717, 1.165) is 0 Å². The predicted octanol–water partition coefficient (Wildman–Crippen LogP) is 7.18. The van der Waals surface area contributed by atoms with E-state index in [1.54, 1.807) is 0 Å². The second kappa shape index (κ2) is 4.72. The van der Waals surface area contributed by atoms with Crippen molar-refractivity contribution in [2.75, 3.05) is 0 Å². The number of benzene rings is 4. The van der Waals surface area contributed by atoms with E-state index in [1.807, 2.05) is 0 Å². The van der Waals surface area contributed by atoms with E-state index in [-0.39, 0.29) is 10.8 Å². The summed E-state index contributed by atoms with van der Waals surface area (Å²) in [6.07, 6.45) is 0. The maximum absolute atomic E-state index is 2.38. The lowest BCUT2D eigenvalue weighted by Crippen LogP contribution is -2.12. The molecule has 0 saturated carbocycles. The largest absolute Gasteiger partial charge is 0.0573 e. The van der Waals surface area contributed by atoms with Crippen LogP contribution in [0.15, 0.2) is 48.5 Å². The summed E-state index contributed by atoms with van der Waals surface area (Å²) in [5.41, 5.74) is 3.16. The van der Waals surface area contributed by atoms with Crippen molar-refractivity contribution in [1.82, 2.24) is 0 Å². The van der Waals surface area contributed by atoms with Gasteiger partial charge in [-0.3, -0.25) is 0 Å². The van der Waals surface area contributed by atoms with Gasteiger partial charge >= 0.3 is 0 Å². The Morgan fingerprint density at radius 3 is 1.67 bits per heavy atom. The van der Waals surface area contributed by atoms with Crippen LogP contribution in [0, 0.1) is 0 Å². The second-order valence-electron chi connectivity index (χ2n) is 9.19. The molecular weight excluding hydrogens is 288 g/mol. The second-order valence-corrected chi connectivity index (χ2v) is 9.19. The molecular formula is C24H26. The summed E-state index contributed by atoms with van der Waals surface area (Å²) in [6.45, 7) is 13.8. The van der Waals surface area contributed by atoms with Crippen molar-refractivity contribution in [3.8, 4) is 0 Å². The third kappa shape index (κ3) is 2.20. The highest BCUT2D eigenvalue weighted by Gasteiger charge is 2.21. The van der Waals surface area contributed by atoms with Crippen molar-refractivity contribution >= 4 is 32.3 Å². The Kier molecular flexibility index (Phi) is 3.04. The SMILES string of the molecule is CC(C)(C)c1cc2ccc3ccc(C(C)(C)C)c4ccc(c1)c2c34. The van der Waals surface area contributed by atoms with Crippen LogP contribution in [0.2, 0.25) is 0 Å².